The predicted molar refractivity (Wildman–Crippen MR) is 86.4 cm³/mol. The second-order valence-electron chi connectivity index (χ2n) is 5.17. The number of halogens is 2. The normalized spacial score (nSPS) is 12.2. The summed E-state index contributed by atoms with van der Waals surface area (Å²) in [5.41, 5.74) is 1.95. The molecule has 1 aromatic heterocycles. The van der Waals surface area contributed by atoms with Crippen molar-refractivity contribution >= 4 is 44.4 Å². The molecule has 8 heteroatoms. The molecular weight excluding hydrogens is 347 g/mol. The van der Waals surface area contributed by atoms with Crippen LogP contribution in [-0.4, -0.2) is 23.3 Å². The van der Waals surface area contributed by atoms with E-state index in [9.17, 15) is 13.0 Å². The summed E-state index contributed by atoms with van der Waals surface area (Å²) < 4.78 is 36.2. The first kappa shape index (κ1) is 17.5. The molecule has 0 radical (unpaired) electrons. The number of hydrogen-bond donors (Lipinski definition) is 0. The Balaban J connectivity index is 2.32. The van der Waals surface area contributed by atoms with Crippen molar-refractivity contribution in [2.45, 2.75) is 39.8 Å². The maximum Gasteiger partial charge on any atom is 0.254 e. The Bertz CT molecular complexity index is 800. The number of aromatic nitrogens is 2. The Morgan fingerprint density at radius 3 is 2.45 bits per heavy atom. The minimum Gasteiger partial charge on any atom is -0.748 e. The van der Waals surface area contributed by atoms with Crippen molar-refractivity contribution in [3.05, 3.63) is 28.0 Å². The van der Waals surface area contributed by atoms with Gasteiger partial charge in [-0.25, -0.2) is 17.6 Å². The molecule has 0 aliphatic carbocycles. The van der Waals surface area contributed by atoms with Gasteiger partial charge >= 0.3 is 0 Å². The lowest BCUT2D eigenvalue weighted by Crippen LogP contribution is -2.36. The first-order chi connectivity index (χ1) is 10.2. The van der Waals surface area contributed by atoms with Crippen molar-refractivity contribution in [1.82, 2.24) is 4.57 Å². The van der Waals surface area contributed by atoms with E-state index < -0.39 is 10.1 Å². The van der Waals surface area contributed by atoms with Crippen LogP contribution in [0.5, 0.6) is 0 Å². The first-order valence-corrected chi connectivity index (χ1v) is 9.39. The van der Waals surface area contributed by atoms with Crippen molar-refractivity contribution in [3.8, 4) is 0 Å². The number of hydrogen-bond acceptors (Lipinski definition) is 3. The molecule has 0 spiro atoms. The van der Waals surface area contributed by atoms with Gasteiger partial charge in [-0.1, -0.05) is 23.2 Å². The molecular formula is C14H18Cl2N2O3S. The van der Waals surface area contributed by atoms with Gasteiger partial charge in [-0.3, -0.25) is 0 Å². The summed E-state index contributed by atoms with van der Waals surface area (Å²) in [5, 5.41) is 0.990. The number of nitrogens with zero attached hydrogens (tertiary/aromatic N) is 2. The van der Waals surface area contributed by atoms with Gasteiger partial charge in [0.25, 0.3) is 5.82 Å². The van der Waals surface area contributed by atoms with Gasteiger partial charge < -0.3 is 4.55 Å². The molecule has 22 heavy (non-hydrogen) atoms. The molecule has 2 aromatic rings. The highest BCUT2D eigenvalue weighted by molar-refractivity contribution is 7.85. The molecule has 0 aliphatic heterocycles. The van der Waals surface area contributed by atoms with E-state index in [2.05, 4.69) is 9.13 Å². The zero-order valence-corrected chi connectivity index (χ0v) is 14.8. The second-order valence-corrected chi connectivity index (χ2v) is 7.51. The van der Waals surface area contributed by atoms with Gasteiger partial charge in [0.15, 0.2) is 11.0 Å². The standard InChI is InChI=1S/C14H18Cl2N2O3S/c1-3-17-10(2)18(6-4-5-7-22(19,20)21)14-9-12(16)11(15)8-13(14)17/h8-9H,3-7H2,1-2H3. The third-order valence-corrected chi connectivity index (χ3v) is 5.23. The molecule has 0 fully saturated rings. The van der Waals surface area contributed by atoms with Crippen LogP contribution in [0, 0.1) is 6.92 Å². The zero-order valence-electron chi connectivity index (χ0n) is 12.5. The van der Waals surface area contributed by atoms with Crippen molar-refractivity contribution < 1.29 is 17.5 Å². The fourth-order valence-electron chi connectivity index (χ4n) is 2.68. The van der Waals surface area contributed by atoms with Gasteiger partial charge in [0, 0.05) is 24.8 Å². The van der Waals surface area contributed by atoms with Gasteiger partial charge in [-0.15, -0.1) is 0 Å². The van der Waals surface area contributed by atoms with Gasteiger partial charge in [0.2, 0.25) is 0 Å². The summed E-state index contributed by atoms with van der Waals surface area (Å²) in [7, 11) is -4.15. The van der Waals surface area contributed by atoms with E-state index in [1.165, 1.54) is 0 Å². The van der Waals surface area contributed by atoms with Gasteiger partial charge in [0.1, 0.15) is 0 Å². The van der Waals surface area contributed by atoms with E-state index in [0.717, 1.165) is 23.4 Å². The van der Waals surface area contributed by atoms with E-state index in [1.807, 2.05) is 26.0 Å². The van der Waals surface area contributed by atoms with Crippen molar-refractivity contribution in [3.63, 3.8) is 0 Å². The number of unbranched alkanes of at least 4 members (excludes halogenated alkanes) is 1. The Labute approximate surface area is 140 Å². The molecule has 1 heterocycles. The largest absolute Gasteiger partial charge is 0.748 e. The molecule has 5 nitrogen and oxygen atoms in total. The van der Waals surface area contributed by atoms with Crippen molar-refractivity contribution in [2.75, 3.05) is 5.75 Å². The topological polar surface area (TPSA) is 66.0 Å². The van der Waals surface area contributed by atoms with Crippen LogP contribution in [0.25, 0.3) is 11.0 Å². The maximum absolute atomic E-state index is 10.7. The number of rotatable bonds is 6. The minimum absolute atomic E-state index is 0.328. The smallest absolute Gasteiger partial charge is 0.254 e. The lowest BCUT2D eigenvalue weighted by Gasteiger charge is -2.05. The molecule has 0 N–H and O–H groups in total. The number of imidazole rings is 1. The third kappa shape index (κ3) is 3.74. The molecule has 0 unspecified atom stereocenters. The van der Waals surface area contributed by atoms with E-state index in [0.29, 0.717) is 29.4 Å². The summed E-state index contributed by atoms with van der Waals surface area (Å²) >= 11 is 12.2. The molecule has 0 amide bonds. The predicted octanol–water partition coefficient (Wildman–Crippen LogP) is 2.89. The van der Waals surface area contributed by atoms with Crippen molar-refractivity contribution in [1.29, 1.82) is 0 Å². The summed E-state index contributed by atoms with van der Waals surface area (Å²) in [6, 6.07) is 3.66. The van der Waals surface area contributed by atoms with Crippen LogP contribution in [0.2, 0.25) is 10.0 Å². The molecule has 0 saturated carbocycles. The highest BCUT2D eigenvalue weighted by Gasteiger charge is 2.21. The number of benzene rings is 1. The third-order valence-electron chi connectivity index (χ3n) is 3.72. The summed E-state index contributed by atoms with van der Waals surface area (Å²) in [6.45, 7) is 5.46. The van der Waals surface area contributed by atoms with Crippen LogP contribution < -0.4 is 4.57 Å². The SMILES string of the molecule is CCn1c(C)[n+](CCCCS(=O)(=O)[O-])c2cc(Cl)c(Cl)cc21. The van der Waals surface area contributed by atoms with Gasteiger partial charge in [-0.05, 0) is 19.8 Å². The lowest BCUT2D eigenvalue weighted by molar-refractivity contribution is -0.678. The lowest BCUT2D eigenvalue weighted by atomic mass is 10.3. The minimum atomic E-state index is -4.15. The highest BCUT2D eigenvalue weighted by Crippen LogP contribution is 2.27. The summed E-state index contributed by atoms with van der Waals surface area (Å²) in [5.74, 6) is 0.715. The number of aryl methyl sites for hydroxylation is 2. The first-order valence-electron chi connectivity index (χ1n) is 7.06. The van der Waals surface area contributed by atoms with Gasteiger partial charge in [0.05, 0.1) is 33.3 Å². The van der Waals surface area contributed by atoms with E-state index in [4.69, 9.17) is 23.2 Å². The van der Waals surface area contributed by atoms with Crippen molar-refractivity contribution in [2.24, 2.45) is 0 Å². The van der Waals surface area contributed by atoms with Gasteiger partial charge in [-0.2, -0.15) is 0 Å². The Hall–Kier alpha value is -0.820. The molecule has 0 bridgehead atoms. The molecule has 122 valence electrons. The Morgan fingerprint density at radius 1 is 1.23 bits per heavy atom. The zero-order chi connectivity index (χ0) is 16.5. The van der Waals surface area contributed by atoms with Crippen LogP contribution in [0.3, 0.4) is 0 Å². The van der Waals surface area contributed by atoms with Crippen LogP contribution in [-0.2, 0) is 23.2 Å². The highest BCUT2D eigenvalue weighted by atomic mass is 35.5. The Kier molecular flexibility index (Phi) is 5.37. The Morgan fingerprint density at radius 2 is 1.86 bits per heavy atom. The molecule has 0 atom stereocenters. The molecule has 2 rings (SSSR count). The molecule has 1 aromatic carbocycles. The second kappa shape index (κ2) is 6.74. The number of fused-ring (bicyclic) bond motifs is 1. The monoisotopic (exact) mass is 364 g/mol. The fourth-order valence-corrected chi connectivity index (χ4v) is 3.56. The van der Waals surface area contributed by atoms with E-state index in [1.54, 1.807) is 0 Å². The average Bonchev–Trinajstić information content (AvgIpc) is 2.66. The van der Waals surface area contributed by atoms with E-state index >= 15 is 0 Å². The quantitative estimate of drug-likeness (QED) is 0.449. The van der Waals surface area contributed by atoms with Crippen LogP contribution in [0.1, 0.15) is 25.6 Å². The van der Waals surface area contributed by atoms with Crippen LogP contribution >= 0.6 is 23.2 Å². The molecule has 0 saturated heterocycles. The van der Waals surface area contributed by atoms with Crippen LogP contribution in [0.15, 0.2) is 12.1 Å². The molecule has 0 aliphatic rings. The maximum atomic E-state index is 10.7. The van der Waals surface area contributed by atoms with Crippen LogP contribution in [0.4, 0.5) is 0 Å². The summed E-state index contributed by atoms with van der Waals surface area (Å²) in [4.78, 5) is 0. The summed E-state index contributed by atoms with van der Waals surface area (Å²) in [6.07, 6.45) is 0.953. The average molecular weight is 365 g/mol. The fraction of sp³-hybridized carbons (Fsp3) is 0.500. The van der Waals surface area contributed by atoms with E-state index in [-0.39, 0.29) is 5.75 Å².